The van der Waals surface area contributed by atoms with Crippen LogP contribution >= 0.6 is 23.5 Å². The van der Waals surface area contributed by atoms with Gasteiger partial charge in [0.15, 0.2) is 25.2 Å². The highest BCUT2D eigenvalue weighted by atomic mass is 32.2. The van der Waals surface area contributed by atoms with Crippen LogP contribution in [0.4, 0.5) is 0 Å². The van der Waals surface area contributed by atoms with Crippen LogP contribution in [0, 0.1) is 0 Å². The van der Waals surface area contributed by atoms with Crippen LogP contribution in [0.25, 0.3) is 0 Å². The summed E-state index contributed by atoms with van der Waals surface area (Å²) in [6.07, 6.45) is -33.8. The zero-order valence-electron chi connectivity index (χ0n) is 40.6. The first-order chi connectivity index (χ1) is 36.7. The van der Waals surface area contributed by atoms with Gasteiger partial charge in [0.25, 0.3) is 0 Å². The number of rotatable bonds is 20. The number of aromatic nitrogens is 6. The molecular weight excluding hydrogens is 1080 g/mol. The Morgan fingerprint density at radius 3 is 1.12 bits per heavy atom. The molecule has 18 N–H and O–H groups in total. The van der Waals surface area contributed by atoms with E-state index in [4.69, 9.17) is 42.6 Å². The number of ether oxygens (including phenoxy) is 9. The van der Waals surface area contributed by atoms with Gasteiger partial charge < -0.3 is 135 Å². The highest BCUT2D eigenvalue weighted by Crippen LogP contribution is 2.40. The van der Waals surface area contributed by atoms with Gasteiger partial charge >= 0.3 is 0 Å². The molecule has 0 saturated carbocycles. The summed E-state index contributed by atoms with van der Waals surface area (Å²) in [6, 6.07) is 0. The van der Waals surface area contributed by atoms with E-state index in [-0.39, 0.29) is 50.5 Å². The molecule has 0 unspecified atom stereocenters. The average molecular weight is 1150 g/mol. The van der Waals surface area contributed by atoms with Crippen molar-refractivity contribution in [2.24, 2.45) is 0 Å². The lowest BCUT2D eigenvalue weighted by atomic mass is 9.97. The van der Waals surface area contributed by atoms with Gasteiger partial charge in [0.1, 0.15) is 132 Å². The molecular formula is C42H68N6O27S2. The third kappa shape index (κ3) is 13.9. The van der Waals surface area contributed by atoms with Gasteiger partial charge in [0.05, 0.1) is 77.3 Å². The van der Waals surface area contributed by atoms with Gasteiger partial charge in [-0.1, -0.05) is 10.4 Å². The van der Waals surface area contributed by atoms with Crippen molar-refractivity contribution < 1.29 is 135 Å². The summed E-state index contributed by atoms with van der Waals surface area (Å²) in [5.74, 6) is 0. The second-order valence-corrected chi connectivity index (χ2v) is 22.1. The third-order valence-electron chi connectivity index (χ3n) is 14.0. The lowest BCUT2D eigenvalue weighted by Gasteiger charge is -2.45. The predicted octanol–water partition coefficient (Wildman–Crippen LogP) is -11.0. The molecule has 6 aliphatic rings. The van der Waals surface area contributed by atoms with Crippen LogP contribution < -0.4 is 0 Å². The SMILES string of the molecule is OC[C@H]1O[C@@H](S[C@H]2C[C@@H](O)[C@@H](OCc3cn(C[C@H]4O[C@H](O[C@H]5O[C@H](Cn6cc(CO[C@H]7O[C@H](CO)[C@@H](S[C@@H]8O[C@H](CO)[C@H](O)[C@H](O)[C@H]8O)C[C@H]7O)nn6)[C@@H](O)[C@H](O)[C@H]5O)[C@H](O)[C@@H](O)[C@@H]4O)nn3)O[C@@H]2CO)[C@H](O)[C@@H](O)[C@H]1O. The summed E-state index contributed by atoms with van der Waals surface area (Å²) in [5.41, 5.74) is -1.94. The summed E-state index contributed by atoms with van der Waals surface area (Å²) < 4.78 is 53.9. The second kappa shape index (κ2) is 26.9. The molecule has 440 valence electrons. The fourth-order valence-electron chi connectivity index (χ4n) is 9.50. The largest absolute Gasteiger partial charge is 0.394 e. The molecule has 0 aromatic carbocycles. The van der Waals surface area contributed by atoms with Gasteiger partial charge in [-0.3, -0.25) is 0 Å². The van der Waals surface area contributed by atoms with Crippen LogP contribution in [0.15, 0.2) is 12.4 Å². The molecule has 0 radical (unpaired) electrons. The summed E-state index contributed by atoms with van der Waals surface area (Å²) in [7, 11) is 0. The lowest BCUT2D eigenvalue weighted by molar-refractivity contribution is -0.375. The Labute approximate surface area is 444 Å². The van der Waals surface area contributed by atoms with Crippen molar-refractivity contribution in [3.8, 4) is 0 Å². The molecule has 6 saturated heterocycles. The molecule has 0 aliphatic carbocycles. The van der Waals surface area contributed by atoms with Gasteiger partial charge in [-0.25, -0.2) is 9.36 Å². The van der Waals surface area contributed by atoms with Gasteiger partial charge in [-0.2, -0.15) is 0 Å². The molecule has 8 heterocycles. The molecule has 2 aromatic rings. The van der Waals surface area contributed by atoms with Crippen molar-refractivity contribution in [3.05, 3.63) is 23.8 Å². The van der Waals surface area contributed by atoms with E-state index >= 15 is 0 Å². The number of aliphatic hydroxyl groups is 18. The smallest absolute Gasteiger partial charge is 0.189 e. The van der Waals surface area contributed by atoms with E-state index < -0.39 is 195 Å². The summed E-state index contributed by atoms with van der Waals surface area (Å²) in [5, 5.41) is 202. The molecule has 2 aromatic heterocycles. The Bertz CT molecular complexity index is 1990. The molecule has 77 heavy (non-hydrogen) atoms. The maximum Gasteiger partial charge on any atom is 0.189 e. The molecule has 33 nitrogen and oxygen atoms in total. The molecule has 8 rings (SSSR count). The number of aliphatic hydroxyl groups excluding tert-OH is 18. The molecule has 28 atom stereocenters. The first-order valence-electron chi connectivity index (χ1n) is 24.6. The maximum atomic E-state index is 10.9. The lowest BCUT2D eigenvalue weighted by Crippen LogP contribution is -2.63. The molecule has 6 aliphatic heterocycles. The fraction of sp³-hybridized carbons (Fsp3) is 0.905. The summed E-state index contributed by atoms with van der Waals surface area (Å²) >= 11 is 1.86. The molecule has 0 amide bonds. The van der Waals surface area contributed by atoms with Gasteiger partial charge in [-0.05, 0) is 12.8 Å². The average Bonchev–Trinajstić information content (AvgIpc) is 4.09. The minimum atomic E-state index is -1.94. The minimum Gasteiger partial charge on any atom is -0.394 e. The summed E-state index contributed by atoms with van der Waals surface area (Å²) in [4.78, 5) is 0. The number of hydrogen-bond acceptors (Lipinski definition) is 33. The molecule has 6 fully saturated rings. The van der Waals surface area contributed by atoms with Gasteiger partial charge in [0.2, 0.25) is 0 Å². The Morgan fingerprint density at radius 1 is 0.416 bits per heavy atom. The minimum absolute atomic E-state index is 0.0379. The van der Waals surface area contributed by atoms with E-state index in [1.807, 2.05) is 0 Å². The van der Waals surface area contributed by atoms with Crippen LogP contribution in [-0.2, 0) is 68.9 Å². The topological polar surface area (TPSA) is 509 Å². The zero-order valence-corrected chi connectivity index (χ0v) is 42.2. The normalized spacial score (nSPS) is 46.1. The highest BCUT2D eigenvalue weighted by Gasteiger charge is 2.52. The van der Waals surface area contributed by atoms with E-state index in [1.165, 1.54) is 21.8 Å². The van der Waals surface area contributed by atoms with E-state index in [1.54, 1.807) is 0 Å². The fourth-order valence-corrected chi connectivity index (χ4v) is 12.5. The van der Waals surface area contributed by atoms with Crippen molar-refractivity contribution in [2.45, 2.75) is 208 Å². The van der Waals surface area contributed by atoms with Crippen LogP contribution in [0.3, 0.4) is 0 Å². The number of nitrogens with zero attached hydrogens (tertiary/aromatic N) is 6. The van der Waals surface area contributed by atoms with Crippen LogP contribution in [0.2, 0.25) is 0 Å². The quantitative estimate of drug-likeness (QED) is 0.0585. The monoisotopic (exact) mass is 1150 g/mol. The van der Waals surface area contributed by atoms with Gasteiger partial charge in [0, 0.05) is 10.5 Å². The Morgan fingerprint density at radius 2 is 0.753 bits per heavy atom. The Hall–Kier alpha value is -2.10. The van der Waals surface area contributed by atoms with Crippen LogP contribution in [0.5, 0.6) is 0 Å². The van der Waals surface area contributed by atoms with E-state index in [0.29, 0.717) is 0 Å². The van der Waals surface area contributed by atoms with Crippen molar-refractivity contribution >= 4 is 23.5 Å². The zero-order chi connectivity index (χ0) is 55.6. The molecule has 35 heteroatoms. The van der Waals surface area contributed by atoms with Crippen molar-refractivity contribution in [2.75, 3.05) is 26.4 Å². The molecule has 0 bridgehead atoms. The van der Waals surface area contributed by atoms with E-state index in [9.17, 15) is 91.9 Å². The third-order valence-corrected chi connectivity index (χ3v) is 17.0. The van der Waals surface area contributed by atoms with Crippen LogP contribution in [0.1, 0.15) is 24.2 Å². The first kappa shape index (κ1) is 61.0. The number of thioether (sulfide) groups is 2. The predicted molar refractivity (Wildman–Crippen MR) is 247 cm³/mol. The first-order valence-corrected chi connectivity index (χ1v) is 26.5. The Kier molecular flexibility index (Phi) is 21.3. The number of hydrogen-bond donors (Lipinski definition) is 18. The summed E-state index contributed by atoms with van der Waals surface area (Å²) in [6.45, 7) is -3.61. The Balaban J connectivity index is 0.807. The van der Waals surface area contributed by atoms with E-state index in [0.717, 1.165) is 23.5 Å². The van der Waals surface area contributed by atoms with Crippen molar-refractivity contribution in [1.82, 2.24) is 30.0 Å². The maximum absolute atomic E-state index is 10.9. The highest BCUT2D eigenvalue weighted by molar-refractivity contribution is 8.00. The van der Waals surface area contributed by atoms with Crippen molar-refractivity contribution in [1.29, 1.82) is 0 Å². The van der Waals surface area contributed by atoms with E-state index in [2.05, 4.69) is 20.6 Å². The van der Waals surface area contributed by atoms with Crippen molar-refractivity contribution in [3.63, 3.8) is 0 Å². The van der Waals surface area contributed by atoms with Crippen LogP contribution in [-0.4, -0.2) is 317 Å². The second-order valence-electron chi connectivity index (χ2n) is 19.5. The standard InChI is InChI=1S/C42H68N6O27S2/c49-7-19-23(76-41-35(65)31(61)27(57)21(9-51)73-41)1-15(53)37(71-19)67-11-13-3-47(45-43-13)5-17-25(55)29(59)33(63)39(69-17)75-40-34(64)30(60)26(56)18(70-40)6-48-4-14(44-46-48)12-68-38-16(54)2-24(20(8-50)72-38)77-42-36(66)32(62)28(58)22(10-52)74-42/h3-4,15-42,49-66H,1-2,5-12H2/t15-,16-,17-,18-,19-,20-,21-,22-,23+,24+,25-,26-,27+,28+,29+,30+,31+,32+,33-,34-,35-,36-,37+,38+,39-,40-,41+,42+/m1/s1. The molecule has 0 spiro atoms. The van der Waals surface area contributed by atoms with Gasteiger partial charge in [-0.15, -0.1) is 33.7 Å².